The molecule has 0 spiro atoms. The van der Waals surface area contributed by atoms with Crippen LogP contribution in [0.1, 0.15) is 23.4 Å². The lowest BCUT2D eigenvalue weighted by molar-refractivity contribution is -0.402. The first-order valence-electron chi connectivity index (χ1n) is 5.37. The van der Waals surface area contributed by atoms with Crippen LogP contribution in [-0.4, -0.2) is 23.4 Å². The van der Waals surface area contributed by atoms with Crippen LogP contribution in [0.25, 0.3) is 0 Å². The molecule has 1 aromatic heterocycles. The number of halogens is 1. The van der Waals surface area contributed by atoms with Crippen molar-refractivity contribution in [2.45, 2.75) is 18.9 Å². The lowest BCUT2D eigenvalue weighted by atomic mass is 10.2. The van der Waals surface area contributed by atoms with Gasteiger partial charge in [0.05, 0.1) is 6.07 Å². The number of furan rings is 1. The molecule has 1 amide bonds. The van der Waals surface area contributed by atoms with Gasteiger partial charge in [-0.2, -0.15) is 0 Å². The second-order valence-corrected chi connectivity index (χ2v) is 4.05. The molecule has 1 aliphatic rings. The molecule has 1 atom stereocenters. The Hall–Kier alpha value is -1.60. The molecule has 1 saturated carbocycles. The Kier molecular flexibility index (Phi) is 4.69. The summed E-state index contributed by atoms with van der Waals surface area (Å²) >= 11 is 0. The van der Waals surface area contributed by atoms with Crippen LogP contribution in [0.15, 0.2) is 16.5 Å². The Morgan fingerprint density at radius 3 is 2.72 bits per heavy atom. The highest BCUT2D eigenvalue weighted by molar-refractivity contribution is 5.91. The topological polar surface area (TPSA) is 111 Å². The third-order valence-electron chi connectivity index (χ3n) is 2.76. The van der Waals surface area contributed by atoms with Gasteiger partial charge in [0.2, 0.25) is 0 Å². The molecule has 0 radical (unpaired) electrons. The summed E-state index contributed by atoms with van der Waals surface area (Å²) in [6, 6.07) is 2.36. The molecule has 100 valence electrons. The molecule has 0 bridgehead atoms. The first-order chi connectivity index (χ1) is 8.11. The van der Waals surface area contributed by atoms with Crippen LogP contribution >= 0.6 is 12.4 Å². The van der Waals surface area contributed by atoms with E-state index in [0.29, 0.717) is 12.5 Å². The molecule has 1 aromatic rings. The fourth-order valence-electron chi connectivity index (χ4n) is 1.66. The fourth-order valence-corrected chi connectivity index (χ4v) is 1.66. The van der Waals surface area contributed by atoms with E-state index in [9.17, 15) is 14.9 Å². The van der Waals surface area contributed by atoms with Crippen LogP contribution in [0.4, 0.5) is 5.88 Å². The summed E-state index contributed by atoms with van der Waals surface area (Å²) in [6.07, 6.45) is 2.11. The predicted molar refractivity (Wildman–Crippen MR) is 65.6 cm³/mol. The zero-order valence-corrected chi connectivity index (χ0v) is 10.3. The molecule has 0 aliphatic heterocycles. The maximum atomic E-state index is 11.7. The maximum Gasteiger partial charge on any atom is 0.433 e. The zero-order valence-electron chi connectivity index (χ0n) is 9.50. The van der Waals surface area contributed by atoms with Gasteiger partial charge in [0.1, 0.15) is 4.92 Å². The summed E-state index contributed by atoms with van der Waals surface area (Å²) in [5.74, 6) is -0.531. The van der Waals surface area contributed by atoms with E-state index in [-0.39, 0.29) is 24.2 Å². The zero-order chi connectivity index (χ0) is 12.4. The standard InChI is InChI=1S/C10H13N3O4.ClH/c11-5-7(6-1-2-6)12-10(14)8-3-4-9(17-8)13(15)16;/h3-4,6-7H,1-2,5,11H2,(H,12,14);1H. The van der Waals surface area contributed by atoms with E-state index in [2.05, 4.69) is 5.32 Å². The molecule has 1 fully saturated rings. The molecule has 3 N–H and O–H groups in total. The van der Waals surface area contributed by atoms with Crippen LogP contribution in [0, 0.1) is 16.0 Å². The Balaban J connectivity index is 0.00000162. The predicted octanol–water partition coefficient (Wildman–Crippen LogP) is 1.08. The van der Waals surface area contributed by atoms with E-state index in [1.165, 1.54) is 6.07 Å². The van der Waals surface area contributed by atoms with Crippen LogP contribution < -0.4 is 11.1 Å². The van der Waals surface area contributed by atoms with E-state index < -0.39 is 16.7 Å². The number of hydrogen-bond acceptors (Lipinski definition) is 5. The monoisotopic (exact) mass is 275 g/mol. The summed E-state index contributed by atoms with van der Waals surface area (Å²) in [7, 11) is 0. The third kappa shape index (κ3) is 3.21. The summed E-state index contributed by atoms with van der Waals surface area (Å²) in [5.41, 5.74) is 5.54. The van der Waals surface area contributed by atoms with Crippen molar-refractivity contribution in [1.29, 1.82) is 0 Å². The molecule has 2 rings (SSSR count). The minimum atomic E-state index is -0.682. The number of hydrogen-bond donors (Lipinski definition) is 2. The quantitative estimate of drug-likeness (QED) is 0.617. The average molecular weight is 276 g/mol. The van der Waals surface area contributed by atoms with Gasteiger partial charge in [0.15, 0.2) is 5.76 Å². The van der Waals surface area contributed by atoms with Crippen molar-refractivity contribution in [1.82, 2.24) is 5.32 Å². The largest absolute Gasteiger partial charge is 0.433 e. The lowest BCUT2D eigenvalue weighted by Crippen LogP contribution is -2.41. The van der Waals surface area contributed by atoms with E-state index in [0.717, 1.165) is 18.9 Å². The number of nitrogens with zero attached hydrogens (tertiary/aromatic N) is 1. The molecular formula is C10H14ClN3O4. The molecule has 8 heteroatoms. The van der Waals surface area contributed by atoms with Gasteiger partial charge in [0, 0.05) is 12.6 Å². The Labute approximate surface area is 109 Å². The van der Waals surface area contributed by atoms with Crippen LogP contribution in [0.2, 0.25) is 0 Å². The lowest BCUT2D eigenvalue weighted by Gasteiger charge is -2.14. The number of nitrogens with two attached hydrogens (primary N) is 1. The molecule has 1 aliphatic carbocycles. The number of carbonyl (C=O) groups is 1. The average Bonchev–Trinajstić information content (AvgIpc) is 3.01. The van der Waals surface area contributed by atoms with Crippen LogP contribution in [0.3, 0.4) is 0 Å². The second kappa shape index (κ2) is 5.83. The number of rotatable bonds is 5. The molecule has 7 nitrogen and oxygen atoms in total. The van der Waals surface area contributed by atoms with Gasteiger partial charge < -0.3 is 15.5 Å². The van der Waals surface area contributed by atoms with Gasteiger partial charge in [-0.25, -0.2) is 0 Å². The fraction of sp³-hybridized carbons (Fsp3) is 0.500. The summed E-state index contributed by atoms with van der Waals surface area (Å²) in [6.45, 7) is 0.360. The van der Waals surface area contributed by atoms with E-state index in [1.54, 1.807) is 0 Å². The van der Waals surface area contributed by atoms with Gasteiger partial charge in [-0.15, -0.1) is 12.4 Å². The molecule has 1 unspecified atom stereocenters. The molecular weight excluding hydrogens is 262 g/mol. The molecule has 0 aromatic carbocycles. The second-order valence-electron chi connectivity index (χ2n) is 4.05. The summed E-state index contributed by atoms with van der Waals surface area (Å²) in [5, 5.41) is 13.1. The van der Waals surface area contributed by atoms with Gasteiger partial charge >= 0.3 is 5.88 Å². The van der Waals surface area contributed by atoms with Crippen molar-refractivity contribution in [2.24, 2.45) is 11.7 Å². The highest BCUT2D eigenvalue weighted by Gasteiger charge is 2.32. The minimum absolute atomic E-state index is 0. The maximum absolute atomic E-state index is 11.7. The Morgan fingerprint density at radius 1 is 1.61 bits per heavy atom. The minimum Gasteiger partial charge on any atom is -0.395 e. The Bertz CT molecular complexity index is 444. The van der Waals surface area contributed by atoms with Crippen molar-refractivity contribution >= 4 is 24.2 Å². The van der Waals surface area contributed by atoms with Crippen molar-refractivity contribution < 1.29 is 14.1 Å². The normalized spacial score (nSPS) is 15.6. The summed E-state index contributed by atoms with van der Waals surface area (Å²) in [4.78, 5) is 21.4. The van der Waals surface area contributed by atoms with Gasteiger partial charge in [-0.3, -0.25) is 14.9 Å². The van der Waals surface area contributed by atoms with E-state index in [4.69, 9.17) is 10.2 Å². The van der Waals surface area contributed by atoms with E-state index >= 15 is 0 Å². The SMILES string of the molecule is Cl.NCC(NC(=O)c1ccc([N+](=O)[O-])o1)C1CC1. The van der Waals surface area contributed by atoms with Gasteiger partial charge in [-0.1, -0.05) is 0 Å². The van der Waals surface area contributed by atoms with Gasteiger partial charge in [-0.05, 0) is 24.8 Å². The Morgan fingerprint density at radius 2 is 2.28 bits per heavy atom. The number of carbonyl (C=O) groups excluding carboxylic acids is 1. The molecule has 18 heavy (non-hydrogen) atoms. The molecule has 1 heterocycles. The third-order valence-corrected chi connectivity index (χ3v) is 2.76. The van der Waals surface area contributed by atoms with Crippen LogP contribution in [0.5, 0.6) is 0 Å². The number of nitrogens with one attached hydrogen (secondary N) is 1. The first-order valence-corrected chi connectivity index (χ1v) is 5.37. The van der Waals surface area contributed by atoms with E-state index in [1.807, 2.05) is 0 Å². The van der Waals surface area contributed by atoms with Gasteiger partial charge in [0.25, 0.3) is 5.91 Å². The number of nitro groups is 1. The van der Waals surface area contributed by atoms with Crippen molar-refractivity contribution in [3.8, 4) is 0 Å². The van der Waals surface area contributed by atoms with Crippen molar-refractivity contribution in [3.63, 3.8) is 0 Å². The van der Waals surface area contributed by atoms with Crippen molar-refractivity contribution in [2.75, 3.05) is 6.54 Å². The van der Waals surface area contributed by atoms with Crippen molar-refractivity contribution in [3.05, 3.63) is 28.0 Å². The smallest absolute Gasteiger partial charge is 0.395 e. The molecule has 0 saturated heterocycles. The first kappa shape index (κ1) is 14.5. The number of amides is 1. The highest BCUT2D eigenvalue weighted by Crippen LogP contribution is 2.32. The van der Waals surface area contributed by atoms with Crippen LogP contribution in [-0.2, 0) is 0 Å². The summed E-state index contributed by atoms with van der Waals surface area (Å²) < 4.78 is 4.80. The highest BCUT2D eigenvalue weighted by atomic mass is 35.5.